The summed E-state index contributed by atoms with van der Waals surface area (Å²) in [5.74, 6) is 0.216. The number of piperidine rings is 1. The molecule has 2 rings (SSSR count). The van der Waals surface area contributed by atoms with Gasteiger partial charge >= 0.3 is 0 Å². The van der Waals surface area contributed by atoms with Crippen LogP contribution in [-0.4, -0.2) is 62.0 Å². The van der Waals surface area contributed by atoms with Gasteiger partial charge in [-0.05, 0) is 31.1 Å². The minimum absolute atomic E-state index is 0.216. The van der Waals surface area contributed by atoms with Gasteiger partial charge < -0.3 is 10.2 Å². The molecule has 0 aromatic heterocycles. The maximum absolute atomic E-state index is 11.7. The Bertz CT molecular complexity index is 305. The lowest BCUT2D eigenvalue weighted by atomic mass is 9.70. The molecule has 0 atom stereocenters. The molecule has 1 amide bonds. The number of hydrogen-bond donors (Lipinski definition) is 1. The van der Waals surface area contributed by atoms with E-state index in [1.54, 1.807) is 4.90 Å². The first-order valence-electron chi connectivity index (χ1n) is 7.64. The molecule has 0 bridgehead atoms. The number of likely N-dealkylation sites (tertiary alicyclic amines) is 1. The number of likely N-dealkylation sites (N-methyl/N-ethyl adjacent to an activating group) is 1. The predicted molar refractivity (Wildman–Crippen MR) is 78.1 cm³/mol. The Labute approximate surface area is 117 Å². The number of carbonyl (C=O) groups is 1. The van der Waals surface area contributed by atoms with Gasteiger partial charge in [0.15, 0.2) is 0 Å². The van der Waals surface area contributed by atoms with Crippen LogP contribution >= 0.6 is 0 Å². The normalized spacial score (nSPS) is 23.9. The standard InChI is InChI=1S/C15H29N3O/c1-15(7-4-8-15)12-16-13-5-9-18(10-6-13)11-14(19)17(2)3/h13,16H,4-12H2,1-3H3. The average molecular weight is 267 g/mol. The lowest BCUT2D eigenvalue weighted by Crippen LogP contribution is -2.48. The molecule has 1 saturated carbocycles. The molecule has 0 spiro atoms. The second-order valence-corrected chi connectivity index (χ2v) is 6.88. The van der Waals surface area contributed by atoms with Gasteiger partial charge in [0.2, 0.25) is 5.91 Å². The molecule has 2 aliphatic rings. The lowest BCUT2D eigenvalue weighted by molar-refractivity contribution is -0.130. The summed E-state index contributed by atoms with van der Waals surface area (Å²) in [5, 5.41) is 3.74. The van der Waals surface area contributed by atoms with E-state index in [1.165, 1.54) is 38.6 Å². The highest BCUT2D eigenvalue weighted by Gasteiger charge is 2.32. The van der Waals surface area contributed by atoms with Crippen molar-refractivity contribution in [2.75, 3.05) is 40.3 Å². The molecule has 1 N–H and O–H groups in total. The number of rotatable bonds is 5. The van der Waals surface area contributed by atoms with Gasteiger partial charge in [-0.25, -0.2) is 0 Å². The van der Waals surface area contributed by atoms with E-state index < -0.39 is 0 Å². The largest absolute Gasteiger partial charge is 0.348 e. The van der Waals surface area contributed by atoms with E-state index in [0.29, 0.717) is 18.0 Å². The van der Waals surface area contributed by atoms with E-state index in [4.69, 9.17) is 0 Å². The molecule has 2 fully saturated rings. The molecule has 0 aromatic rings. The highest BCUT2D eigenvalue weighted by molar-refractivity contribution is 5.77. The van der Waals surface area contributed by atoms with E-state index in [-0.39, 0.29) is 5.91 Å². The minimum atomic E-state index is 0.216. The molecule has 1 saturated heterocycles. The molecule has 1 aliphatic heterocycles. The van der Waals surface area contributed by atoms with Crippen LogP contribution in [0.3, 0.4) is 0 Å². The van der Waals surface area contributed by atoms with Gasteiger partial charge in [-0.2, -0.15) is 0 Å². The molecule has 19 heavy (non-hydrogen) atoms. The number of nitrogens with zero attached hydrogens (tertiary/aromatic N) is 2. The zero-order chi connectivity index (χ0) is 13.9. The highest BCUT2D eigenvalue weighted by Crippen LogP contribution is 2.39. The van der Waals surface area contributed by atoms with Gasteiger partial charge in [0.05, 0.1) is 6.54 Å². The van der Waals surface area contributed by atoms with Crippen LogP contribution in [0.25, 0.3) is 0 Å². The Hall–Kier alpha value is -0.610. The first-order valence-corrected chi connectivity index (χ1v) is 7.64. The topological polar surface area (TPSA) is 35.6 Å². The molecule has 0 unspecified atom stereocenters. The molecular weight excluding hydrogens is 238 g/mol. The molecular formula is C15H29N3O. The van der Waals surface area contributed by atoms with Crippen molar-refractivity contribution >= 4 is 5.91 Å². The summed E-state index contributed by atoms with van der Waals surface area (Å²) >= 11 is 0. The van der Waals surface area contributed by atoms with Crippen molar-refractivity contribution < 1.29 is 4.79 Å². The quantitative estimate of drug-likeness (QED) is 0.816. The Morgan fingerprint density at radius 2 is 1.95 bits per heavy atom. The zero-order valence-corrected chi connectivity index (χ0v) is 12.7. The SMILES string of the molecule is CN(C)C(=O)CN1CCC(NCC2(C)CCC2)CC1. The van der Waals surface area contributed by atoms with E-state index in [9.17, 15) is 4.79 Å². The Morgan fingerprint density at radius 3 is 2.42 bits per heavy atom. The van der Waals surface area contributed by atoms with Crippen molar-refractivity contribution in [2.45, 2.75) is 45.1 Å². The number of nitrogens with one attached hydrogen (secondary N) is 1. The summed E-state index contributed by atoms with van der Waals surface area (Å²) < 4.78 is 0. The second kappa shape index (κ2) is 6.23. The Morgan fingerprint density at radius 1 is 1.32 bits per heavy atom. The first-order chi connectivity index (χ1) is 8.98. The van der Waals surface area contributed by atoms with Crippen LogP contribution in [0.5, 0.6) is 0 Å². The third-order valence-corrected chi connectivity index (χ3v) is 4.82. The Balaban J connectivity index is 1.63. The maximum atomic E-state index is 11.7. The summed E-state index contributed by atoms with van der Waals surface area (Å²) in [4.78, 5) is 15.6. The summed E-state index contributed by atoms with van der Waals surface area (Å²) in [7, 11) is 3.66. The Kier molecular flexibility index (Phi) is 4.85. The van der Waals surface area contributed by atoms with Crippen molar-refractivity contribution in [1.82, 2.24) is 15.1 Å². The smallest absolute Gasteiger partial charge is 0.236 e. The number of amides is 1. The van der Waals surface area contributed by atoms with Gasteiger partial charge in [0.25, 0.3) is 0 Å². The van der Waals surface area contributed by atoms with Crippen molar-refractivity contribution in [1.29, 1.82) is 0 Å². The molecule has 0 radical (unpaired) electrons. The van der Waals surface area contributed by atoms with E-state index in [0.717, 1.165) is 13.1 Å². The summed E-state index contributed by atoms with van der Waals surface area (Å²) in [6.07, 6.45) is 6.53. The highest BCUT2D eigenvalue weighted by atomic mass is 16.2. The van der Waals surface area contributed by atoms with Crippen LogP contribution < -0.4 is 5.32 Å². The van der Waals surface area contributed by atoms with Gasteiger partial charge in [0, 0.05) is 39.8 Å². The fourth-order valence-electron chi connectivity index (χ4n) is 2.98. The fourth-order valence-corrected chi connectivity index (χ4v) is 2.98. The number of carbonyl (C=O) groups excluding carboxylic acids is 1. The van der Waals surface area contributed by atoms with Crippen LogP contribution in [0.4, 0.5) is 0 Å². The third kappa shape index (κ3) is 4.18. The predicted octanol–water partition coefficient (Wildman–Crippen LogP) is 1.32. The summed E-state index contributed by atoms with van der Waals surface area (Å²) in [6.45, 7) is 6.25. The molecule has 1 aliphatic carbocycles. The second-order valence-electron chi connectivity index (χ2n) is 6.88. The number of hydrogen-bond acceptors (Lipinski definition) is 3. The van der Waals surface area contributed by atoms with Crippen LogP contribution in [0.2, 0.25) is 0 Å². The van der Waals surface area contributed by atoms with E-state index in [1.807, 2.05) is 14.1 Å². The molecule has 4 heteroatoms. The molecule has 1 heterocycles. The van der Waals surface area contributed by atoms with Gasteiger partial charge in [-0.1, -0.05) is 13.3 Å². The van der Waals surface area contributed by atoms with Crippen LogP contribution in [0, 0.1) is 5.41 Å². The fraction of sp³-hybridized carbons (Fsp3) is 0.933. The van der Waals surface area contributed by atoms with E-state index in [2.05, 4.69) is 17.1 Å². The molecule has 0 aromatic carbocycles. The summed E-state index contributed by atoms with van der Waals surface area (Å²) in [6, 6.07) is 0.656. The van der Waals surface area contributed by atoms with Crippen molar-refractivity contribution in [3.63, 3.8) is 0 Å². The van der Waals surface area contributed by atoms with E-state index >= 15 is 0 Å². The summed E-state index contributed by atoms with van der Waals surface area (Å²) in [5.41, 5.74) is 0.567. The minimum Gasteiger partial charge on any atom is -0.348 e. The van der Waals surface area contributed by atoms with Crippen molar-refractivity contribution in [3.8, 4) is 0 Å². The maximum Gasteiger partial charge on any atom is 0.236 e. The van der Waals surface area contributed by atoms with Gasteiger partial charge in [0.1, 0.15) is 0 Å². The zero-order valence-electron chi connectivity index (χ0n) is 12.7. The molecule has 110 valence electrons. The van der Waals surface area contributed by atoms with Crippen molar-refractivity contribution in [3.05, 3.63) is 0 Å². The van der Waals surface area contributed by atoms with Crippen LogP contribution in [-0.2, 0) is 4.79 Å². The van der Waals surface area contributed by atoms with Gasteiger partial charge in [-0.15, -0.1) is 0 Å². The first kappa shape index (κ1) is 14.8. The van der Waals surface area contributed by atoms with Crippen LogP contribution in [0.1, 0.15) is 39.0 Å². The van der Waals surface area contributed by atoms with Crippen LogP contribution in [0.15, 0.2) is 0 Å². The average Bonchev–Trinajstić information content (AvgIpc) is 2.35. The van der Waals surface area contributed by atoms with Crippen molar-refractivity contribution in [2.24, 2.45) is 5.41 Å². The molecule has 4 nitrogen and oxygen atoms in total. The van der Waals surface area contributed by atoms with Gasteiger partial charge in [-0.3, -0.25) is 9.69 Å². The third-order valence-electron chi connectivity index (χ3n) is 4.82. The monoisotopic (exact) mass is 267 g/mol. The lowest BCUT2D eigenvalue weighted by Gasteiger charge is -2.41.